The zero-order valence-electron chi connectivity index (χ0n) is 14.0. The Bertz CT molecular complexity index is 525. The first-order chi connectivity index (χ1) is 10.0. The van der Waals surface area contributed by atoms with Crippen LogP contribution in [0.3, 0.4) is 0 Å². The first-order valence-electron chi connectivity index (χ1n) is 7.37. The number of benzene rings is 1. The molecule has 1 aromatic carbocycles. The Hall–Kier alpha value is -1.26. The predicted octanol–water partition coefficient (Wildman–Crippen LogP) is 3.71. The standard InChI is InChI=1S/C17H26ClNO3/c1-12-6-7-13(14(18)8-12)9-17(5,11-20)10-19-15(21)22-16(2,3)4/h6-8,20H,9-11H2,1-5H3,(H,19,21). The van der Waals surface area contributed by atoms with Gasteiger partial charge in [-0.1, -0.05) is 30.7 Å². The molecular formula is C17H26ClNO3. The Morgan fingerprint density at radius 2 is 1.95 bits per heavy atom. The average molecular weight is 328 g/mol. The summed E-state index contributed by atoms with van der Waals surface area (Å²) in [4.78, 5) is 11.7. The smallest absolute Gasteiger partial charge is 0.407 e. The van der Waals surface area contributed by atoms with Crippen molar-refractivity contribution in [3.8, 4) is 0 Å². The van der Waals surface area contributed by atoms with Crippen LogP contribution >= 0.6 is 11.6 Å². The first-order valence-corrected chi connectivity index (χ1v) is 7.75. The Balaban J connectivity index is 2.70. The van der Waals surface area contributed by atoms with Gasteiger partial charge in [-0.25, -0.2) is 4.79 Å². The fraction of sp³-hybridized carbons (Fsp3) is 0.588. The molecule has 124 valence electrons. The van der Waals surface area contributed by atoms with Crippen molar-refractivity contribution in [1.82, 2.24) is 5.32 Å². The molecule has 0 aliphatic heterocycles. The van der Waals surface area contributed by atoms with Crippen LogP contribution in [0.4, 0.5) is 4.79 Å². The summed E-state index contributed by atoms with van der Waals surface area (Å²) in [6.45, 7) is 9.55. The van der Waals surface area contributed by atoms with Gasteiger partial charge in [0.1, 0.15) is 5.60 Å². The summed E-state index contributed by atoms with van der Waals surface area (Å²) in [7, 11) is 0. The number of amides is 1. The summed E-state index contributed by atoms with van der Waals surface area (Å²) in [6, 6.07) is 5.84. The summed E-state index contributed by atoms with van der Waals surface area (Å²) in [5.74, 6) is 0. The highest BCUT2D eigenvalue weighted by molar-refractivity contribution is 6.31. The van der Waals surface area contributed by atoms with Crippen molar-refractivity contribution < 1.29 is 14.6 Å². The Morgan fingerprint density at radius 3 is 2.45 bits per heavy atom. The van der Waals surface area contributed by atoms with Gasteiger partial charge in [0, 0.05) is 17.0 Å². The molecule has 0 heterocycles. The third kappa shape index (κ3) is 6.24. The summed E-state index contributed by atoms with van der Waals surface area (Å²) >= 11 is 6.25. The molecule has 1 atom stereocenters. The summed E-state index contributed by atoms with van der Waals surface area (Å²) in [5.41, 5.74) is 0.997. The molecule has 5 heteroatoms. The van der Waals surface area contributed by atoms with E-state index < -0.39 is 17.1 Å². The maximum absolute atomic E-state index is 11.7. The zero-order valence-corrected chi connectivity index (χ0v) is 14.8. The lowest BCUT2D eigenvalue weighted by Crippen LogP contribution is -2.41. The van der Waals surface area contributed by atoms with Crippen molar-refractivity contribution in [2.24, 2.45) is 5.41 Å². The SMILES string of the molecule is Cc1ccc(CC(C)(CO)CNC(=O)OC(C)(C)C)c(Cl)c1. The molecule has 0 bridgehead atoms. The number of carbonyl (C=O) groups is 1. The van der Waals surface area contributed by atoms with Crippen LogP contribution in [-0.2, 0) is 11.2 Å². The summed E-state index contributed by atoms with van der Waals surface area (Å²) < 4.78 is 5.21. The Kier molecular flexibility index (Phi) is 6.27. The van der Waals surface area contributed by atoms with E-state index in [2.05, 4.69) is 5.32 Å². The van der Waals surface area contributed by atoms with Gasteiger partial charge >= 0.3 is 6.09 Å². The van der Waals surface area contributed by atoms with Crippen LogP contribution in [0.1, 0.15) is 38.8 Å². The molecule has 0 aromatic heterocycles. The van der Waals surface area contributed by atoms with E-state index in [1.54, 1.807) is 0 Å². The maximum Gasteiger partial charge on any atom is 0.407 e. The lowest BCUT2D eigenvalue weighted by molar-refractivity contribution is 0.0478. The lowest BCUT2D eigenvalue weighted by atomic mass is 9.84. The highest BCUT2D eigenvalue weighted by Crippen LogP contribution is 2.27. The van der Waals surface area contributed by atoms with Crippen molar-refractivity contribution in [3.05, 3.63) is 34.3 Å². The number of aliphatic hydroxyl groups is 1. The number of aryl methyl sites for hydroxylation is 1. The number of carbonyl (C=O) groups excluding carboxylic acids is 1. The number of hydrogen-bond acceptors (Lipinski definition) is 3. The van der Waals surface area contributed by atoms with E-state index in [0.29, 0.717) is 18.0 Å². The van der Waals surface area contributed by atoms with Crippen LogP contribution in [0, 0.1) is 12.3 Å². The second-order valence-corrected chi connectivity index (χ2v) is 7.50. The minimum absolute atomic E-state index is 0.0625. The van der Waals surface area contributed by atoms with Crippen LogP contribution < -0.4 is 5.32 Å². The molecule has 0 radical (unpaired) electrons. The highest BCUT2D eigenvalue weighted by atomic mass is 35.5. The number of hydrogen-bond donors (Lipinski definition) is 2. The molecule has 22 heavy (non-hydrogen) atoms. The number of ether oxygens (including phenoxy) is 1. The molecule has 0 saturated heterocycles. The van der Waals surface area contributed by atoms with Crippen LogP contribution in [0.2, 0.25) is 5.02 Å². The first kappa shape index (κ1) is 18.8. The molecule has 1 aromatic rings. The van der Waals surface area contributed by atoms with Gasteiger partial charge < -0.3 is 15.2 Å². The quantitative estimate of drug-likeness (QED) is 0.866. The van der Waals surface area contributed by atoms with Crippen LogP contribution in [0.15, 0.2) is 18.2 Å². The van der Waals surface area contributed by atoms with E-state index in [9.17, 15) is 9.90 Å². The van der Waals surface area contributed by atoms with E-state index in [1.165, 1.54) is 0 Å². The number of halogens is 1. The van der Waals surface area contributed by atoms with Gasteiger partial charge in [-0.15, -0.1) is 0 Å². The average Bonchev–Trinajstić information content (AvgIpc) is 2.38. The zero-order chi connectivity index (χ0) is 17.0. The summed E-state index contributed by atoms with van der Waals surface area (Å²) in [5, 5.41) is 13.1. The molecule has 0 fully saturated rings. The van der Waals surface area contributed by atoms with Gasteiger partial charge in [-0.3, -0.25) is 0 Å². The maximum atomic E-state index is 11.7. The van der Waals surface area contributed by atoms with E-state index in [4.69, 9.17) is 16.3 Å². The second-order valence-electron chi connectivity index (χ2n) is 7.10. The van der Waals surface area contributed by atoms with Crippen LogP contribution in [0.5, 0.6) is 0 Å². The van der Waals surface area contributed by atoms with Gasteiger partial charge in [0.2, 0.25) is 0 Å². The molecule has 1 amide bonds. The van der Waals surface area contributed by atoms with Crippen LogP contribution in [-0.4, -0.2) is 30.0 Å². The molecule has 1 rings (SSSR count). The minimum Gasteiger partial charge on any atom is -0.444 e. The molecular weight excluding hydrogens is 302 g/mol. The van der Waals surface area contributed by atoms with Gasteiger partial charge in [0.15, 0.2) is 0 Å². The minimum atomic E-state index is -0.542. The van der Waals surface area contributed by atoms with Crippen molar-refractivity contribution in [1.29, 1.82) is 0 Å². The lowest BCUT2D eigenvalue weighted by Gasteiger charge is -2.29. The highest BCUT2D eigenvalue weighted by Gasteiger charge is 2.27. The Morgan fingerprint density at radius 1 is 1.32 bits per heavy atom. The molecule has 2 N–H and O–H groups in total. The van der Waals surface area contributed by atoms with Crippen molar-refractivity contribution in [3.63, 3.8) is 0 Å². The second kappa shape index (κ2) is 7.34. The van der Waals surface area contributed by atoms with Gasteiger partial charge in [-0.05, 0) is 51.3 Å². The third-order valence-electron chi connectivity index (χ3n) is 3.27. The van der Waals surface area contributed by atoms with Crippen molar-refractivity contribution in [2.75, 3.05) is 13.2 Å². The van der Waals surface area contributed by atoms with Crippen LogP contribution in [0.25, 0.3) is 0 Å². The largest absolute Gasteiger partial charge is 0.444 e. The summed E-state index contributed by atoms with van der Waals surface area (Å²) in [6.07, 6.45) is 0.0838. The topological polar surface area (TPSA) is 58.6 Å². The molecule has 0 spiro atoms. The predicted molar refractivity (Wildman–Crippen MR) is 89.3 cm³/mol. The number of aliphatic hydroxyl groups excluding tert-OH is 1. The number of alkyl carbamates (subject to hydrolysis) is 1. The molecule has 0 aliphatic carbocycles. The molecule has 0 aliphatic rings. The normalized spacial score (nSPS) is 14.3. The molecule has 0 saturated carbocycles. The van der Waals surface area contributed by atoms with Crippen molar-refractivity contribution >= 4 is 17.7 Å². The van der Waals surface area contributed by atoms with E-state index in [-0.39, 0.29) is 6.61 Å². The molecule has 4 nitrogen and oxygen atoms in total. The van der Waals surface area contributed by atoms with E-state index >= 15 is 0 Å². The Labute approximate surface area is 137 Å². The molecule has 1 unspecified atom stereocenters. The van der Waals surface area contributed by atoms with E-state index in [1.807, 2.05) is 52.8 Å². The van der Waals surface area contributed by atoms with E-state index in [0.717, 1.165) is 11.1 Å². The fourth-order valence-corrected chi connectivity index (χ4v) is 2.33. The third-order valence-corrected chi connectivity index (χ3v) is 3.62. The van der Waals surface area contributed by atoms with Gasteiger partial charge in [-0.2, -0.15) is 0 Å². The number of rotatable bonds is 5. The van der Waals surface area contributed by atoms with Gasteiger partial charge in [0.25, 0.3) is 0 Å². The van der Waals surface area contributed by atoms with Gasteiger partial charge in [0.05, 0.1) is 6.61 Å². The fourth-order valence-electron chi connectivity index (χ4n) is 2.03. The monoisotopic (exact) mass is 327 g/mol. The number of nitrogens with one attached hydrogen (secondary N) is 1. The van der Waals surface area contributed by atoms with Crippen molar-refractivity contribution in [2.45, 2.75) is 46.6 Å².